The van der Waals surface area contributed by atoms with Gasteiger partial charge < -0.3 is 20.1 Å². The van der Waals surface area contributed by atoms with Gasteiger partial charge >= 0.3 is 0 Å². The zero-order valence-corrected chi connectivity index (χ0v) is 14.1. The maximum absolute atomic E-state index is 9.12. The van der Waals surface area contributed by atoms with Gasteiger partial charge in [-0.2, -0.15) is 0 Å². The van der Waals surface area contributed by atoms with Crippen molar-refractivity contribution >= 4 is 5.69 Å². The number of benzene rings is 1. The molecule has 2 N–H and O–H groups in total. The van der Waals surface area contributed by atoms with Gasteiger partial charge in [0.2, 0.25) is 0 Å². The molecule has 124 valence electrons. The van der Waals surface area contributed by atoms with Crippen molar-refractivity contribution in [3.63, 3.8) is 0 Å². The first-order valence-corrected chi connectivity index (χ1v) is 8.46. The highest BCUT2D eigenvalue weighted by atomic mass is 16.5. The Balaban J connectivity index is 2.06. The maximum atomic E-state index is 9.12. The number of aliphatic hydroxyl groups is 1. The Hall–Kier alpha value is -1.10. The Morgan fingerprint density at radius 3 is 2.59 bits per heavy atom. The second-order valence-electron chi connectivity index (χ2n) is 6.29. The Morgan fingerprint density at radius 2 is 1.95 bits per heavy atom. The minimum atomic E-state index is 0.242. The molecule has 1 aliphatic rings. The summed E-state index contributed by atoms with van der Waals surface area (Å²) in [6, 6.07) is 8.98. The summed E-state index contributed by atoms with van der Waals surface area (Å²) < 4.78 is 5.84. The summed E-state index contributed by atoms with van der Waals surface area (Å²) in [7, 11) is 0. The molecule has 0 aliphatic carbocycles. The van der Waals surface area contributed by atoms with E-state index in [9.17, 15) is 0 Å². The van der Waals surface area contributed by atoms with Gasteiger partial charge in [-0.05, 0) is 38.3 Å². The number of ether oxygens (including phenoxy) is 1. The summed E-state index contributed by atoms with van der Waals surface area (Å²) in [5, 5.41) is 12.7. The topological polar surface area (TPSA) is 44.7 Å². The number of anilines is 1. The van der Waals surface area contributed by atoms with Crippen LogP contribution in [0.25, 0.3) is 0 Å². The number of morpholine rings is 1. The van der Waals surface area contributed by atoms with Crippen LogP contribution >= 0.6 is 0 Å². The third-order valence-corrected chi connectivity index (χ3v) is 4.30. The molecule has 1 fully saturated rings. The molecule has 0 spiro atoms. The highest BCUT2D eigenvalue weighted by molar-refractivity contribution is 5.54. The molecule has 1 heterocycles. The van der Waals surface area contributed by atoms with Gasteiger partial charge in [-0.3, -0.25) is 0 Å². The van der Waals surface area contributed by atoms with Crippen LogP contribution in [0.1, 0.15) is 39.2 Å². The van der Waals surface area contributed by atoms with Crippen LogP contribution in [-0.4, -0.2) is 43.1 Å². The Morgan fingerprint density at radius 1 is 1.27 bits per heavy atom. The number of nitrogens with one attached hydrogen (secondary N) is 1. The Labute approximate surface area is 134 Å². The number of aliphatic hydroxyl groups excluding tert-OH is 1. The maximum Gasteiger partial charge on any atom is 0.0726 e. The molecule has 4 heteroatoms. The predicted octanol–water partition coefficient (Wildman–Crippen LogP) is 2.55. The lowest BCUT2D eigenvalue weighted by atomic mass is 10.1. The van der Waals surface area contributed by atoms with Gasteiger partial charge in [0, 0.05) is 38.0 Å². The van der Waals surface area contributed by atoms with Gasteiger partial charge in [-0.15, -0.1) is 0 Å². The quantitative estimate of drug-likeness (QED) is 0.812. The lowest BCUT2D eigenvalue weighted by molar-refractivity contribution is -0.00526. The van der Waals surface area contributed by atoms with Crippen LogP contribution in [0.5, 0.6) is 0 Å². The van der Waals surface area contributed by atoms with Gasteiger partial charge in [0.15, 0.2) is 0 Å². The highest BCUT2D eigenvalue weighted by Crippen LogP contribution is 2.24. The van der Waals surface area contributed by atoms with E-state index < -0.39 is 0 Å². The van der Waals surface area contributed by atoms with Crippen LogP contribution in [0.4, 0.5) is 5.69 Å². The summed E-state index contributed by atoms with van der Waals surface area (Å²) in [4.78, 5) is 2.43. The molecule has 3 atom stereocenters. The van der Waals surface area contributed by atoms with Crippen molar-refractivity contribution in [1.82, 2.24) is 5.32 Å². The zero-order chi connectivity index (χ0) is 15.9. The first-order chi connectivity index (χ1) is 10.6. The average Bonchev–Trinajstić information content (AvgIpc) is 2.50. The highest BCUT2D eigenvalue weighted by Gasteiger charge is 2.23. The number of hydrogen-bond acceptors (Lipinski definition) is 4. The van der Waals surface area contributed by atoms with Gasteiger partial charge in [0.1, 0.15) is 0 Å². The van der Waals surface area contributed by atoms with Gasteiger partial charge in [0.25, 0.3) is 0 Å². The monoisotopic (exact) mass is 306 g/mol. The zero-order valence-electron chi connectivity index (χ0n) is 14.1. The fourth-order valence-electron chi connectivity index (χ4n) is 3.20. The molecule has 22 heavy (non-hydrogen) atoms. The molecule has 1 aromatic carbocycles. The first-order valence-electron chi connectivity index (χ1n) is 8.46. The minimum Gasteiger partial charge on any atom is -0.396 e. The number of nitrogens with zero attached hydrogens (tertiary/aromatic N) is 1. The van der Waals surface area contributed by atoms with Crippen LogP contribution in [0.3, 0.4) is 0 Å². The van der Waals surface area contributed by atoms with E-state index in [-0.39, 0.29) is 18.8 Å². The van der Waals surface area contributed by atoms with E-state index in [0.29, 0.717) is 6.04 Å². The van der Waals surface area contributed by atoms with Crippen molar-refractivity contribution in [2.45, 2.75) is 58.4 Å². The van der Waals surface area contributed by atoms with E-state index in [2.05, 4.69) is 55.3 Å². The SMILES string of the molecule is CCC(CCO)NCc1ccccc1N1CC(C)OC(C)C1. The largest absolute Gasteiger partial charge is 0.396 e. The molecule has 0 saturated carbocycles. The van der Waals surface area contributed by atoms with E-state index in [4.69, 9.17) is 9.84 Å². The standard InChI is InChI=1S/C18H30N2O2/c1-4-17(9-10-21)19-11-16-7-5-6-8-18(16)20-12-14(2)22-15(3)13-20/h5-8,14-15,17,19,21H,4,9-13H2,1-3H3. The van der Waals surface area contributed by atoms with Crippen LogP contribution in [0, 0.1) is 0 Å². The third-order valence-electron chi connectivity index (χ3n) is 4.30. The van der Waals surface area contributed by atoms with Crippen LogP contribution in [-0.2, 0) is 11.3 Å². The minimum absolute atomic E-state index is 0.242. The summed E-state index contributed by atoms with van der Waals surface area (Å²) in [6.07, 6.45) is 2.38. The van der Waals surface area contributed by atoms with Crippen molar-refractivity contribution < 1.29 is 9.84 Å². The molecular weight excluding hydrogens is 276 g/mol. The summed E-state index contributed by atoms with van der Waals surface area (Å²) in [5.41, 5.74) is 2.62. The molecule has 0 aromatic heterocycles. The lowest BCUT2D eigenvalue weighted by Crippen LogP contribution is -2.46. The fourth-order valence-corrected chi connectivity index (χ4v) is 3.20. The van der Waals surface area contributed by atoms with Crippen LogP contribution in [0.2, 0.25) is 0 Å². The van der Waals surface area contributed by atoms with Crippen LogP contribution < -0.4 is 10.2 Å². The normalized spacial score (nSPS) is 23.5. The summed E-state index contributed by atoms with van der Waals surface area (Å²) in [5.74, 6) is 0. The molecule has 3 unspecified atom stereocenters. The summed E-state index contributed by atoms with van der Waals surface area (Å²) >= 11 is 0. The Bertz CT molecular complexity index is 442. The fraction of sp³-hybridized carbons (Fsp3) is 0.667. The van der Waals surface area contributed by atoms with E-state index in [1.54, 1.807) is 0 Å². The molecule has 2 rings (SSSR count). The first kappa shape index (κ1) is 17.3. The van der Waals surface area contributed by atoms with Crippen molar-refractivity contribution in [2.75, 3.05) is 24.6 Å². The molecule has 1 aliphatic heterocycles. The third kappa shape index (κ3) is 4.70. The Kier molecular flexibility index (Phi) is 6.68. The second-order valence-corrected chi connectivity index (χ2v) is 6.29. The van der Waals surface area contributed by atoms with Gasteiger partial charge in [-0.25, -0.2) is 0 Å². The molecule has 1 saturated heterocycles. The molecule has 0 amide bonds. The van der Waals surface area contributed by atoms with Crippen molar-refractivity contribution in [3.05, 3.63) is 29.8 Å². The van der Waals surface area contributed by atoms with Crippen molar-refractivity contribution in [3.8, 4) is 0 Å². The van der Waals surface area contributed by atoms with E-state index >= 15 is 0 Å². The molecule has 0 bridgehead atoms. The van der Waals surface area contributed by atoms with Gasteiger partial charge in [-0.1, -0.05) is 25.1 Å². The summed E-state index contributed by atoms with van der Waals surface area (Å²) in [6.45, 7) is 9.39. The number of para-hydroxylation sites is 1. The predicted molar refractivity (Wildman–Crippen MR) is 91.3 cm³/mol. The number of rotatable bonds is 7. The van der Waals surface area contributed by atoms with E-state index in [0.717, 1.165) is 32.5 Å². The average molecular weight is 306 g/mol. The lowest BCUT2D eigenvalue weighted by Gasteiger charge is -2.38. The van der Waals surface area contributed by atoms with E-state index in [1.807, 2.05) is 0 Å². The second kappa shape index (κ2) is 8.51. The number of hydrogen-bond donors (Lipinski definition) is 2. The molecule has 1 aromatic rings. The molecule has 0 radical (unpaired) electrons. The molecular formula is C18H30N2O2. The smallest absolute Gasteiger partial charge is 0.0726 e. The van der Waals surface area contributed by atoms with Crippen LogP contribution in [0.15, 0.2) is 24.3 Å². The van der Waals surface area contributed by atoms with E-state index in [1.165, 1.54) is 11.3 Å². The van der Waals surface area contributed by atoms with Crippen molar-refractivity contribution in [2.24, 2.45) is 0 Å². The van der Waals surface area contributed by atoms with Gasteiger partial charge in [0.05, 0.1) is 12.2 Å². The van der Waals surface area contributed by atoms with Crippen molar-refractivity contribution in [1.29, 1.82) is 0 Å². The molecule has 4 nitrogen and oxygen atoms in total.